The average molecular weight is 465 g/mol. The lowest BCUT2D eigenvalue weighted by Gasteiger charge is -2.14. The van der Waals surface area contributed by atoms with E-state index in [9.17, 15) is 4.79 Å². The fraction of sp³-hybridized carbons (Fsp3) is 0.280. The molecular formula is C25H24N2O3S2. The molecule has 0 saturated heterocycles. The molecule has 0 fully saturated rings. The Bertz CT molecular complexity index is 1280. The molecule has 1 aliphatic rings. The first kappa shape index (κ1) is 21.1. The third kappa shape index (κ3) is 4.14. The number of rotatable bonds is 7. The van der Waals surface area contributed by atoms with Gasteiger partial charge in [-0.2, -0.15) is 0 Å². The van der Waals surface area contributed by atoms with Gasteiger partial charge in [0.25, 0.3) is 5.56 Å². The van der Waals surface area contributed by atoms with Crippen LogP contribution < -0.4 is 15.0 Å². The van der Waals surface area contributed by atoms with Gasteiger partial charge in [0.05, 0.1) is 24.8 Å². The Kier molecular flexibility index (Phi) is 6.19. The zero-order valence-electron chi connectivity index (χ0n) is 17.9. The summed E-state index contributed by atoms with van der Waals surface area (Å²) in [5.74, 6) is 2.28. The molecule has 2 aromatic carbocycles. The highest BCUT2D eigenvalue weighted by atomic mass is 32.2. The minimum absolute atomic E-state index is 0.0409. The molecule has 5 rings (SSSR count). The topological polar surface area (TPSA) is 53.4 Å². The van der Waals surface area contributed by atoms with Crippen molar-refractivity contribution in [1.29, 1.82) is 0 Å². The maximum absolute atomic E-state index is 13.7. The maximum atomic E-state index is 13.7. The molecule has 0 radical (unpaired) electrons. The molecule has 32 heavy (non-hydrogen) atoms. The normalized spacial score (nSPS) is 13.2. The quantitative estimate of drug-likeness (QED) is 0.205. The maximum Gasteiger partial charge on any atom is 0.267 e. The van der Waals surface area contributed by atoms with Gasteiger partial charge in [-0.3, -0.25) is 9.36 Å². The van der Waals surface area contributed by atoms with Crippen LogP contribution in [0.25, 0.3) is 15.9 Å². The van der Waals surface area contributed by atoms with Crippen LogP contribution in [0, 0.1) is 0 Å². The number of hydrogen-bond acceptors (Lipinski definition) is 6. The van der Waals surface area contributed by atoms with Crippen LogP contribution >= 0.6 is 23.1 Å². The first-order valence-corrected chi connectivity index (χ1v) is 12.6. The summed E-state index contributed by atoms with van der Waals surface area (Å²) in [4.78, 5) is 20.8. The van der Waals surface area contributed by atoms with Gasteiger partial charge in [-0.25, -0.2) is 4.98 Å². The number of thiophene rings is 1. The van der Waals surface area contributed by atoms with Crippen LogP contribution in [0.2, 0.25) is 0 Å². The van der Waals surface area contributed by atoms with Gasteiger partial charge >= 0.3 is 0 Å². The molecule has 0 atom stereocenters. The van der Waals surface area contributed by atoms with Gasteiger partial charge < -0.3 is 9.47 Å². The standard InChI is InChI=1S/C25H24N2O3S2/c1-29-18-11-13-19(14-12-18)30-15-16-31-25-26-23-22(20-9-5-6-10-21(20)32-23)24(28)27(25)17-7-3-2-4-8-17/h2-4,7-8,11-14H,5-6,9-10,15-16H2,1H3. The Morgan fingerprint density at radius 1 is 1.03 bits per heavy atom. The zero-order valence-corrected chi connectivity index (χ0v) is 19.5. The van der Waals surface area contributed by atoms with Crippen molar-refractivity contribution in [3.63, 3.8) is 0 Å². The number of para-hydroxylation sites is 1. The van der Waals surface area contributed by atoms with E-state index in [4.69, 9.17) is 14.5 Å². The first-order valence-electron chi connectivity index (χ1n) is 10.8. The van der Waals surface area contributed by atoms with Crippen LogP contribution in [0.5, 0.6) is 11.5 Å². The van der Waals surface area contributed by atoms with Crippen molar-refractivity contribution in [2.45, 2.75) is 30.8 Å². The van der Waals surface area contributed by atoms with Gasteiger partial charge in [0.2, 0.25) is 0 Å². The molecular weight excluding hydrogens is 440 g/mol. The SMILES string of the molecule is COc1ccc(OCCSc2nc3sc4c(c3c(=O)n2-c2ccccc2)CCCC4)cc1. The third-order valence-corrected chi connectivity index (χ3v) is 7.70. The summed E-state index contributed by atoms with van der Waals surface area (Å²) in [7, 11) is 1.65. The number of aryl methyl sites for hydroxylation is 2. The number of ether oxygens (including phenoxy) is 2. The highest BCUT2D eigenvalue weighted by Gasteiger charge is 2.22. The number of methoxy groups -OCH3 is 1. The summed E-state index contributed by atoms with van der Waals surface area (Å²) in [6.45, 7) is 0.515. The summed E-state index contributed by atoms with van der Waals surface area (Å²) in [5.41, 5.74) is 2.11. The Morgan fingerprint density at radius 3 is 2.56 bits per heavy atom. The van der Waals surface area contributed by atoms with Gasteiger partial charge in [-0.15, -0.1) is 11.3 Å². The number of thioether (sulfide) groups is 1. The predicted molar refractivity (Wildman–Crippen MR) is 131 cm³/mol. The van der Waals surface area contributed by atoms with Gasteiger partial charge in [0.15, 0.2) is 5.16 Å². The van der Waals surface area contributed by atoms with E-state index in [0.717, 1.165) is 46.7 Å². The van der Waals surface area contributed by atoms with E-state index < -0.39 is 0 Å². The molecule has 4 aromatic rings. The van der Waals surface area contributed by atoms with Crippen LogP contribution in [-0.4, -0.2) is 29.0 Å². The van der Waals surface area contributed by atoms with Crippen molar-refractivity contribution in [3.05, 3.63) is 75.4 Å². The van der Waals surface area contributed by atoms with Crippen molar-refractivity contribution in [2.24, 2.45) is 0 Å². The molecule has 1 aliphatic carbocycles. The number of fused-ring (bicyclic) bond motifs is 3. The Labute approximate surface area is 195 Å². The van der Waals surface area contributed by atoms with Gasteiger partial charge in [-0.05, 0) is 67.6 Å². The minimum atomic E-state index is 0.0409. The molecule has 7 heteroatoms. The molecule has 0 amide bonds. The minimum Gasteiger partial charge on any atom is -0.497 e. The van der Waals surface area contributed by atoms with E-state index in [1.54, 1.807) is 34.8 Å². The monoisotopic (exact) mass is 464 g/mol. The van der Waals surface area contributed by atoms with Crippen LogP contribution in [-0.2, 0) is 12.8 Å². The average Bonchev–Trinajstić information content (AvgIpc) is 3.21. The van der Waals surface area contributed by atoms with E-state index in [1.807, 2.05) is 54.6 Å². The highest BCUT2D eigenvalue weighted by molar-refractivity contribution is 7.99. The molecule has 164 valence electrons. The second-order valence-corrected chi connectivity index (χ2v) is 9.78. The van der Waals surface area contributed by atoms with Gasteiger partial charge in [-0.1, -0.05) is 30.0 Å². The zero-order chi connectivity index (χ0) is 21.9. The Balaban J connectivity index is 1.44. The van der Waals surface area contributed by atoms with Crippen molar-refractivity contribution in [1.82, 2.24) is 9.55 Å². The van der Waals surface area contributed by atoms with E-state index in [0.29, 0.717) is 17.5 Å². The molecule has 0 spiro atoms. The Morgan fingerprint density at radius 2 is 1.78 bits per heavy atom. The Hall–Kier alpha value is -2.77. The molecule has 0 aliphatic heterocycles. The molecule has 0 unspecified atom stereocenters. The smallest absolute Gasteiger partial charge is 0.267 e. The van der Waals surface area contributed by atoms with Crippen LogP contribution in [0.1, 0.15) is 23.3 Å². The van der Waals surface area contributed by atoms with Crippen molar-refractivity contribution >= 4 is 33.3 Å². The lowest BCUT2D eigenvalue weighted by atomic mass is 9.97. The van der Waals surface area contributed by atoms with E-state index in [2.05, 4.69) is 0 Å². The molecule has 0 bridgehead atoms. The molecule has 2 aromatic heterocycles. The predicted octanol–water partition coefficient (Wildman–Crippen LogP) is 5.51. The summed E-state index contributed by atoms with van der Waals surface area (Å²) in [6, 6.07) is 17.3. The lowest BCUT2D eigenvalue weighted by Crippen LogP contribution is -2.22. The first-order chi connectivity index (χ1) is 15.7. The van der Waals surface area contributed by atoms with E-state index >= 15 is 0 Å². The van der Waals surface area contributed by atoms with Crippen LogP contribution in [0.4, 0.5) is 0 Å². The number of aromatic nitrogens is 2. The van der Waals surface area contributed by atoms with Crippen LogP contribution in [0.3, 0.4) is 0 Å². The fourth-order valence-electron chi connectivity index (χ4n) is 4.05. The molecule has 5 nitrogen and oxygen atoms in total. The third-order valence-electron chi connectivity index (χ3n) is 5.62. The van der Waals surface area contributed by atoms with E-state index in [1.165, 1.54) is 16.9 Å². The largest absolute Gasteiger partial charge is 0.497 e. The number of hydrogen-bond donors (Lipinski definition) is 0. The van der Waals surface area contributed by atoms with Crippen molar-refractivity contribution in [2.75, 3.05) is 19.5 Å². The van der Waals surface area contributed by atoms with Gasteiger partial charge in [0, 0.05) is 10.6 Å². The molecule has 0 saturated carbocycles. The van der Waals surface area contributed by atoms with Crippen molar-refractivity contribution in [3.8, 4) is 17.2 Å². The summed E-state index contributed by atoms with van der Waals surface area (Å²) < 4.78 is 12.8. The molecule has 0 N–H and O–H groups in total. The van der Waals surface area contributed by atoms with Gasteiger partial charge in [0.1, 0.15) is 16.3 Å². The summed E-state index contributed by atoms with van der Waals surface area (Å²) >= 11 is 3.24. The second kappa shape index (κ2) is 9.38. The summed E-state index contributed by atoms with van der Waals surface area (Å²) in [5, 5.41) is 1.53. The highest BCUT2D eigenvalue weighted by Crippen LogP contribution is 2.35. The second-order valence-electron chi connectivity index (χ2n) is 7.63. The number of nitrogens with zero attached hydrogens (tertiary/aromatic N) is 2. The van der Waals surface area contributed by atoms with Crippen molar-refractivity contribution < 1.29 is 9.47 Å². The fourth-order valence-corrected chi connectivity index (χ4v) is 6.18. The lowest BCUT2D eigenvalue weighted by molar-refractivity contribution is 0.342. The van der Waals surface area contributed by atoms with Crippen LogP contribution in [0.15, 0.2) is 64.5 Å². The molecule has 2 heterocycles. The van der Waals surface area contributed by atoms with E-state index in [-0.39, 0.29) is 5.56 Å². The number of benzene rings is 2. The summed E-state index contributed by atoms with van der Waals surface area (Å²) in [6.07, 6.45) is 4.36.